The maximum Gasteiger partial charge on any atom is 0.0865 e. The third-order valence-corrected chi connectivity index (χ3v) is 2.59. The predicted molar refractivity (Wildman–Crippen MR) is 43.1 cm³/mol. The van der Waals surface area contributed by atoms with Crippen LogP contribution in [0, 0.1) is 0 Å². The van der Waals surface area contributed by atoms with E-state index in [1.165, 1.54) is 0 Å². The molecular weight excluding hydrogens is 140 g/mol. The number of aliphatic hydroxyl groups is 1. The van der Waals surface area contributed by atoms with Gasteiger partial charge in [0, 0.05) is 12.6 Å². The van der Waals surface area contributed by atoms with Gasteiger partial charge in [-0.2, -0.15) is 0 Å². The smallest absolute Gasteiger partial charge is 0.0865 e. The van der Waals surface area contributed by atoms with Gasteiger partial charge in [0.25, 0.3) is 0 Å². The molecule has 11 heavy (non-hydrogen) atoms. The Labute approximate surface area is 66.3 Å². The molecule has 3 heteroatoms. The lowest BCUT2D eigenvalue weighted by Gasteiger charge is -2.45. The zero-order valence-corrected chi connectivity index (χ0v) is 6.46. The van der Waals surface area contributed by atoms with E-state index in [9.17, 15) is 5.11 Å². The summed E-state index contributed by atoms with van der Waals surface area (Å²) in [5.74, 6) is 0. The molecule has 2 aliphatic rings. The van der Waals surface area contributed by atoms with Crippen LogP contribution in [0.4, 0.5) is 0 Å². The van der Waals surface area contributed by atoms with Crippen molar-refractivity contribution < 1.29 is 5.11 Å². The van der Waals surface area contributed by atoms with Crippen LogP contribution in [0.1, 0.15) is 12.8 Å². The van der Waals surface area contributed by atoms with Crippen LogP contribution in [-0.2, 0) is 0 Å². The van der Waals surface area contributed by atoms with E-state index in [-0.39, 0.29) is 12.1 Å². The van der Waals surface area contributed by atoms with Crippen LogP contribution in [0.5, 0.6) is 0 Å². The summed E-state index contributed by atoms with van der Waals surface area (Å²) in [4.78, 5) is 0. The molecule has 0 aromatic rings. The molecule has 1 fully saturated rings. The van der Waals surface area contributed by atoms with Gasteiger partial charge in [0.05, 0.1) is 11.6 Å². The van der Waals surface area contributed by atoms with E-state index < -0.39 is 5.60 Å². The van der Waals surface area contributed by atoms with Crippen molar-refractivity contribution in [1.29, 1.82) is 0 Å². The van der Waals surface area contributed by atoms with E-state index in [1.54, 1.807) is 0 Å². The molecule has 1 unspecified atom stereocenters. The van der Waals surface area contributed by atoms with Crippen LogP contribution in [0.3, 0.4) is 0 Å². The van der Waals surface area contributed by atoms with Crippen LogP contribution in [-0.4, -0.2) is 29.3 Å². The van der Waals surface area contributed by atoms with Crippen molar-refractivity contribution in [3.63, 3.8) is 0 Å². The van der Waals surface area contributed by atoms with Gasteiger partial charge in [0.15, 0.2) is 0 Å². The van der Waals surface area contributed by atoms with Crippen LogP contribution in [0.25, 0.3) is 0 Å². The van der Waals surface area contributed by atoms with Gasteiger partial charge in [-0.25, -0.2) is 0 Å². The minimum Gasteiger partial charge on any atom is -0.388 e. The standard InChI is InChI=1S/C8H14N2O/c9-6-4-8(11,5-6)7-2-1-3-10-7/h1-2,6-7,10-11H,3-5,9H2. The average Bonchev–Trinajstić information content (AvgIpc) is 2.34. The number of hydrogen-bond acceptors (Lipinski definition) is 3. The van der Waals surface area contributed by atoms with Gasteiger partial charge < -0.3 is 16.2 Å². The Bertz CT molecular complexity index is 185. The molecule has 2 rings (SSSR count). The van der Waals surface area contributed by atoms with Crippen molar-refractivity contribution >= 4 is 0 Å². The van der Waals surface area contributed by atoms with E-state index in [2.05, 4.69) is 5.32 Å². The van der Waals surface area contributed by atoms with Crippen LogP contribution in [0.2, 0.25) is 0 Å². The molecule has 0 bridgehead atoms. The molecule has 62 valence electrons. The Morgan fingerprint density at radius 1 is 1.55 bits per heavy atom. The fourth-order valence-corrected chi connectivity index (χ4v) is 1.94. The van der Waals surface area contributed by atoms with Crippen molar-refractivity contribution in [2.24, 2.45) is 5.73 Å². The normalized spacial score (nSPS) is 49.3. The molecular formula is C8H14N2O. The lowest BCUT2D eigenvalue weighted by atomic mass is 9.71. The number of rotatable bonds is 1. The van der Waals surface area contributed by atoms with E-state index in [4.69, 9.17) is 5.73 Å². The highest BCUT2D eigenvalue weighted by atomic mass is 16.3. The summed E-state index contributed by atoms with van der Waals surface area (Å²) in [6.07, 6.45) is 5.54. The first-order valence-electron chi connectivity index (χ1n) is 4.09. The van der Waals surface area contributed by atoms with Gasteiger partial charge in [0.1, 0.15) is 0 Å². The molecule has 0 amide bonds. The van der Waals surface area contributed by atoms with Crippen LogP contribution < -0.4 is 11.1 Å². The van der Waals surface area contributed by atoms with Gasteiger partial charge in [0.2, 0.25) is 0 Å². The SMILES string of the molecule is NC1CC(O)(C2C=CCN2)C1. The topological polar surface area (TPSA) is 58.3 Å². The third kappa shape index (κ3) is 1.09. The molecule has 3 nitrogen and oxygen atoms in total. The summed E-state index contributed by atoms with van der Waals surface area (Å²) in [5, 5.41) is 13.1. The quantitative estimate of drug-likeness (QED) is 0.441. The van der Waals surface area contributed by atoms with Gasteiger partial charge >= 0.3 is 0 Å². The predicted octanol–water partition coefficient (Wildman–Crippen LogP) is -0.633. The lowest BCUT2D eigenvalue weighted by Crippen LogP contribution is -2.60. The molecule has 0 aromatic carbocycles. The Kier molecular flexibility index (Phi) is 1.52. The molecule has 4 N–H and O–H groups in total. The molecule has 0 spiro atoms. The molecule has 1 saturated carbocycles. The van der Waals surface area contributed by atoms with E-state index in [1.807, 2.05) is 12.2 Å². The average molecular weight is 154 g/mol. The summed E-state index contributed by atoms with van der Waals surface area (Å²) in [7, 11) is 0. The Hall–Kier alpha value is -0.380. The van der Waals surface area contributed by atoms with Crippen molar-refractivity contribution in [1.82, 2.24) is 5.32 Å². The van der Waals surface area contributed by atoms with Crippen LogP contribution in [0.15, 0.2) is 12.2 Å². The summed E-state index contributed by atoms with van der Waals surface area (Å²) >= 11 is 0. The van der Waals surface area contributed by atoms with Crippen molar-refractivity contribution in [2.75, 3.05) is 6.54 Å². The third-order valence-electron chi connectivity index (χ3n) is 2.59. The molecule has 1 aliphatic heterocycles. The van der Waals surface area contributed by atoms with E-state index in [0.29, 0.717) is 0 Å². The molecule has 1 atom stereocenters. The molecule has 0 saturated heterocycles. The van der Waals surface area contributed by atoms with Crippen LogP contribution >= 0.6 is 0 Å². The fourth-order valence-electron chi connectivity index (χ4n) is 1.94. The summed E-state index contributed by atoms with van der Waals surface area (Å²) in [5.41, 5.74) is 5.06. The second-order valence-electron chi connectivity index (χ2n) is 3.59. The second-order valence-corrected chi connectivity index (χ2v) is 3.59. The summed E-state index contributed by atoms with van der Waals surface area (Å²) in [6, 6.07) is 0.345. The minimum atomic E-state index is -0.549. The Balaban J connectivity index is 1.99. The maximum absolute atomic E-state index is 9.89. The first kappa shape index (κ1) is 7.28. The van der Waals surface area contributed by atoms with Crippen molar-refractivity contribution in [3.8, 4) is 0 Å². The van der Waals surface area contributed by atoms with E-state index in [0.717, 1.165) is 19.4 Å². The Morgan fingerprint density at radius 3 is 2.73 bits per heavy atom. The summed E-state index contributed by atoms with van der Waals surface area (Å²) in [6.45, 7) is 0.877. The first-order valence-corrected chi connectivity index (χ1v) is 4.09. The monoisotopic (exact) mass is 154 g/mol. The first-order chi connectivity index (χ1) is 5.21. The zero-order valence-electron chi connectivity index (χ0n) is 6.46. The molecule has 1 aliphatic carbocycles. The highest BCUT2D eigenvalue weighted by Gasteiger charge is 2.46. The summed E-state index contributed by atoms with van der Waals surface area (Å²) < 4.78 is 0. The minimum absolute atomic E-state index is 0.141. The lowest BCUT2D eigenvalue weighted by molar-refractivity contribution is -0.0618. The number of hydrogen-bond donors (Lipinski definition) is 3. The highest BCUT2D eigenvalue weighted by molar-refractivity contribution is 5.16. The highest BCUT2D eigenvalue weighted by Crippen LogP contribution is 2.35. The van der Waals surface area contributed by atoms with Crippen molar-refractivity contribution in [2.45, 2.75) is 30.5 Å². The maximum atomic E-state index is 9.89. The fraction of sp³-hybridized carbons (Fsp3) is 0.750. The largest absolute Gasteiger partial charge is 0.388 e. The number of nitrogens with two attached hydrogens (primary N) is 1. The van der Waals surface area contributed by atoms with Crippen molar-refractivity contribution in [3.05, 3.63) is 12.2 Å². The second kappa shape index (κ2) is 2.30. The Morgan fingerprint density at radius 2 is 2.27 bits per heavy atom. The number of nitrogens with one attached hydrogen (secondary N) is 1. The molecule has 0 radical (unpaired) electrons. The molecule has 1 heterocycles. The van der Waals surface area contributed by atoms with Gasteiger partial charge in [-0.05, 0) is 12.8 Å². The van der Waals surface area contributed by atoms with E-state index >= 15 is 0 Å². The van der Waals surface area contributed by atoms with Gasteiger partial charge in [-0.3, -0.25) is 0 Å². The zero-order chi connectivity index (χ0) is 7.90. The van der Waals surface area contributed by atoms with Gasteiger partial charge in [-0.15, -0.1) is 0 Å². The molecule has 0 aromatic heterocycles. The van der Waals surface area contributed by atoms with Gasteiger partial charge in [-0.1, -0.05) is 12.2 Å².